The second kappa shape index (κ2) is 5.45. The largest absolute Gasteiger partial charge is 0.468 e. The third-order valence-electron chi connectivity index (χ3n) is 3.89. The molecule has 18 heavy (non-hydrogen) atoms. The average molecular weight is 251 g/mol. The number of aliphatic hydroxyl groups excluding tert-OH is 1. The topological polar surface area (TPSA) is 45.4 Å². The molecule has 3 unspecified atom stereocenters. The third kappa shape index (κ3) is 3.36. The maximum absolute atomic E-state index is 9.50. The van der Waals surface area contributed by atoms with Gasteiger partial charge in [-0.2, -0.15) is 0 Å². The fourth-order valence-corrected chi connectivity index (χ4v) is 3.47. The van der Waals surface area contributed by atoms with E-state index in [9.17, 15) is 5.11 Å². The van der Waals surface area contributed by atoms with Gasteiger partial charge in [0.2, 0.25) is 0 Å². The lowest BCUT2D eigenvalue weighted by Crippen LogP contribution is -2.42. The Balaban J connectivity index is 1.99. The summed E-state index contributed by atoms with van der Waals surface area (Å²) in [5.74, 6) is 1.57. The molecule has 0 bridgehead atoms. The molecule has 0 saturated heterocycles. The average Bonchev–Trinajstić information content (AvgIpc) is 2.76. The molecule has 1 aromatic rings. The van der Waals surface area contributed by atoms with Gasteiger partial charge in [-0.05, 0) is 42.7 Å². The predicted octanol–water partition coefficient (Wildman–Crippen LogP) is 3.12. The quantitative estimate of drug-likeness (QED) is 0.864. The van der Waals surface area contributed by atoms with Gasteiger partial charge in [0.05, 0.1) is 18.9 Å². The highest BCUT2D eigenvalue weighted by atomic mass is 16.3. The van der Waals surface area contributed by atoms with Crippen molar-refractivity contribution in [1.82, 2.24) is 5.32 Å². The molecule has 3 heteroatoms. The molecule has 2 N–H and O–H groups in total. The number of furan rings is 1. The summed E-state index contributed by atoms with van der Waals surface area (Å²) in [6, 6.07) is 4.18. The zero-order valence-electron chi connectivity index (χ0n) is 11.6. The van der Waals surface area contributed by atoms with Crippen LogP contribution in [0.2, 0.25) is 0 Å². The highest BCUT2D eigenvalue weighted by Crippen LogP contribution is 2.39. The van der Waals surface area contributed by atoms with Crippen LogP contribution in [0.15, 0.2) is 22.8 Å². The minimum Gasteiger partial charge on any atom is -0.468 e. The van der Waals surface area contributed by atoms with Gasteiger partial charge in [-0.15, -0.1) is 0 Å². The van der Waals surface area contributed by atoms with Crippen LogP contribution in [0.3, 0.4) is 0 Å². The number of aliphatic hydroxyl groups is 1. The molecule has 0 amide bonds. The zero-order chi connectivity index (χ0) is 13.2. The number of hydrogen-bond donors (Lipinski definition) is 2. The van der Waals surface area contributed by atoms with E-state index in [-0.39, 0.29) is 12.6 Å². The lowest BCUT2D eigenvalue weighted by Gasteiger charge is -2.40. The van der Waals surface area contributed by atoms with Crippen LogP contribution in [-0.2, 0) is 0 Å². The summed E-state index contributed by atoms with van der Waals surface area (Å²) >= 11 is 0. The van der Waals surface area contributed by atoms with Gasteiger partial charge in [0.25, 0.3) is 0 Å². The van der Waals surface area contributed by atoms with Crippen molar-refractivity contribution in [3.8, 4) is 0 Å². The van der Waals surface area contributed by atoms with Crippen molar-refractivity contribution in [3.05, 3.63) is 24.2 Å². The van der Waals surface area contributed by atoms with Crippen molar-refractivity contribution in [1.29, 1.82) is 0 Å². The second-order valence-electron chi connectivity index (χ2n) is 6.53. The van der Waals surface area contributed by atoms with E-state index in [2.05, 4.69) is 26.1 Å². The van der Waals surface area contributed by atoms with Gasteiger partial charge < -0.3 is 14.8 Å². The fraction of sp³-hybridized carbons (Fsp3) is 0.733. The molecule has 2 rings (SSSR count). The summed E-state index contributed by atoms with van der Waals surface area (Å²) in [5.41, 5.74) is 0.387. The van der Waals surface area contributed by atoms with Gasteiger partial charge in [-0.3, -0.25) is 0 Å². The first kappa shape index (κ1) is 13.6. The van der Waals surface area contributed by atoms with Crippen LogP contribution < -0.4 is 5.32 Å². The summed E-state index contributed by atoms with van der Waals surface area (Å²) in [4.78, 5) is 0. The molecule has 0 aliphatic heterocycles. The first-order valence-corrected chi connectivity index (χ1v) is 6.90. The number of rotatable bonds is 4. The smallest absolute Gasteiger partial charge is 0.123 e. The summed E-state index contributed by atoms with van der Waals surface area (Å²) in [5, 5.41) is 13.1. The van der Waals surface area contributed by atoms with Crippen LogP contribution in [0, 0.1) is 11.3 Å². The molecule has 1 aliphatic rings. The predicted molar refractivity (Wildman–Crippen MR) is 72.3 cm³/mol. The van der Waals surface area contributed by atoms with Crippen LogP contribution in [0.5, 0.6) is 0 Å². The zero-order valence-corrected chi connectivity index (χ0v) is 11.6. The molecule has 1 heterocycles. The van der Waals surface area contributed by atoms with E-state index in [1.54, 1.807) is 6.26 Å². The van der Waals surface area contributed by atoms with Gasteiger partial charge in [-0.25, -0.2) is 0 Å². The number of hydrogen-bond acceptors (Lipinski definition) is 3. The Hall–Kier alpha value is -0.800. The Bertz CT molecular complexity index is 359. The Morgan fingerprint density at radius 2 is 2.28 bits per heavy atom. The van der Waals surface area contributed by atoms with Crippen molar-refractivity contribution in [2.75, 3.05) is 6.61 Å². The molecule has 1 saturated carbocycles. The maximum Gasteiger partial charge on any atom is 0.123 e. The van der Waals surface area contributed by atoms with E-state index in [1.807, 2.05) is 12.1 Å². The Kier molecular flexibility index (Phi) is 4.13. The van der Waals surface area contributed by atoms with Crippen LogP contribution in [-0.4, -0.2) is 17.8 Å². The Morgan fingerprint density at radius 1 is 1.50 bits per heavy atom. The van der Waals surface area contributed by atoms with Crippen molar-refractivity contribution < 1.29 is 9.52 Å². The molecule has 1 fully saturated rings. The SMILES string of the molecule is CC1CC(NC(CO)c2ccco2)CC(C)(C)C1. The van der Waals surface area contributed by atoms with Crippen molar-refractivity contribution >= 4 is 0 Å². The molecule has 1 aliphatic carbocycles. The fourth-order valence-electron chi connectivity index (χ4n) is 3.47. The van der Waals surface area contributed by atoms with Crippen LogP contribution in [0.4, 0.5) is 0 Å². The second-order valence-corrected chi connectivity index (χ2v) is 6.53. The Labute approximate surface area is 110 Å². The first-order valence-electron chi connectivity index (χ1n) is 6.90. The third-order valence-corrected chi connectivity index (χ3v) is 3.89. The van der Waals surface area contributed by atoms with Crippen LogP contribution >= 0.6 is 0 Å². The molecule has 3 atom stereocenters. The van der Waals surface area contributed by atoms with Crippen molar-refractivity contribution in [3.63, 3.8) is 0 Å². The van der Waals surface area contributed by atoms with E-state index >= 15 is 0 Å². The lowest BCUT2D eigenvalue weighted by molar-refractivity contribution is 0.127. The minimum atomic E-state index is -0.0777. The van der Waals surface area contributed by atoms with E-state index < -0.39 is 0 Å². The molecule has 3 nitrogen and oxygen atoms in total. The van der Waals surface area contributed by atoms with Gasteiger partial charge in [0.1, 0.15) is 5.76 Å². The molecule has 102 valence electrons. The summed E-state index contributed by atoms with van der Waals surface area (Å²) < 4.78 is 5.38. The monoisotopic (exact) mass is 251 g/mol. The minimum absolute atomic E-state index is 0.0777. The lowest BCUT2D eigenvalue weighted by atomic mass is 9.70. The van der Waals surface area contributed by atoms with Crippen molar-refractivity contribution in [2.24, 2.45) is 11.3 Å². The summed E-state index contributed by atoms with van der Waals surface area (Å²) in [6.45, 7) is 7.06. The molecular formula is C15H25NO2. The highest BCUT2D eigenvalue weighted by molar-refractivity contribution is 5.05. The van der Waals surface area contributed by atoms with E-state index in [1.165, 1.54) is 12.8 Å². The van der Waals surface area contributed by atoms with E-state index in [4.69, 9.17) is 4.42 Å². The Morgan fingerprint density at radius 3 is 2.83 bits per heavy atom. The van der Waals surface area contributed by atoms with Gasteiger partial charge in [0.15, 0.2) is 0 Å². The maximum atomic E-state index is 9.50. The molecule has 1 aromatic heterocycles. The normalized spacial score (nSPS) is 29.1. The molecule has 0 radical (unpaired) electrons. The molecule has 0 spiro atoms. The summed E-state index contributed by atoms with van der Waals surface area (Å²) in [6.07, 6.45) is 5.29. The summed E-state index contributed by atoms with van der Waals surface area (Å²) in [7, 11) is 0. The van der Waals surface area contributed by atoms with Crippen LogP contribution in [0.1, 0.15) is 51.8 Å². The first-order chi connectivity index (χ1) is 8.50. The van der Waals surface area contributed by atoms with Gasteiger partial charge in [-0.1, -0.05) is 20.8 Å². The van der Waals surface area contributed by atoms with Gasteiger partial charge >= 0.3 is 0 Å². The highest BCUT2D eigenvalue weighted by Gasteiger charge is 2.33. The molecule has 0 aromatic carbocycles. The molecular weight excluding hydrogens is 226 g/mol. The van der Waals surface area contributed by atoms with Crippen LogP contribution in [0.25, 0.3) is 0 Å². The van der Waals surface area contributed by atoms with Crippen molar-refractivity contribution in [2.45, 2.75) is 52.1 Å². The standard InChI is InChI=1S/C15H25NO2/c1-11-7-12(9-15(2,3)8-11)16-13(10-17)14-5-4-6-18-14/h4-6,11-13,16-17H,7-10H2,1-3H3. The van der Waals surface area contributed by atoms with Gasteiger partial charge in [0, 0.05) is 6.04 Å². The van der Waals surface area contributed by atoms with E-state index in [0.717, 1.165) is 18.1 Å². The number of nitrogens with one attached hydrogen (secondary N) is 1. The van der Waals surface area contributed by atoms with E-state index in [0.29, 0.717) is 11.5 Å².